The number of alkyl halides is 2. The van der Waals surface area contributed by atoms with Crippen LogP contribution in [0.1, 0.15) is 11.1 Å². The van der Waals surface area contributed by atoms with Crippen molar-refractivity contribution in [3.8, 4) is 0 Å². The van der Waals surface area contributed by atoms with Crippen LogP contribution < -0.4 is 11.1 Å². The quantitative estimate of drug-likeness (QED) is 0.741. The Balaban J connectivity index is 2.18. The molecule has 0 radical (unpaired) electrons. The molecule has 0 fully saturated rings. The van der Waals surface area contributed by atoms with Gasteiger partial charge >= 0.3 is 0 Å². The average Bonchev–Trinajstić information content (AvgIpc) is 2.60. The molecule has 0 aromatic heterocycles. The van der Waals surface area contributed by atoms with Crippen molar-refractivity contribution < 1.29 is 9.59 Å². The molecule has 2 aromatic rings. The first-order valence-electron chi connectivity index (χ1n) is 7.42. The molecule has 0 saturated carbocycles. The number of halogens is 2. The van der Waals surface area contributed by atoms with Gasteiger partial charge in [0.15, 0.2) is 4.87 Å². The van der Waals surface area contributed by atoms with E-state index in [1.165, 1.54) is 0 Å². The van der Waals surface area contributed by atoms with Gasteiger partial charge in [0.2, 0.25) is 11.8 Å². The fourth-order valence-corrected chi connectivity index (χ4v) is 2.83. The van der Waals surface area contributed by atoms with Crippen molar-refractivity contribution >= 4 is 35.0 Å². The van der Waals surface area contributed by atoms with Crippen LogP contribution in [0.25, 0.3) is 0 Å². The number of nitrogens with one attached hydrogen (secondary N) is 1. The summed E-state index contributed by atoms with van der Waals surface area (Å²) in [6.07, 6.45) is 0.0904. The SMILES string of the molecule is NC(=O)C(Cl)C(Cl)(Cc1ccccc1)C(=O)NCc1ccccc1. The molecule has 0 aliphatic rings. The Morgan fingerprint density at radius 2 is 1.50 bits per heavy atom. The monoisotopic (exact) mass is 364 g/mol. The number of carbonyl (C=O) groups is 2. The molecule has 2 atom stereocenters. The van der Waals surface area contributed by atoms with Crippen molar-refractivity contribution in [2.24, 2.45) is 5.73 Å². The van der Waals surface area contributed by atoms with E-state index < -0.39 is 22.1 Å². The van der Waals surface area contributed by atoms with Gasteiger partial charge in [0.1, 0.15) is 5.38 Å². The highest BCUT2D eigenvalue weighted by atomic mass is 35.5. The third kappa shape index (κ3) is 4.49. The molecule has 24 heavy (non-hydrogen) atoms. The highest BCUT2D eigenvalue weighted by molar-refractivity contribution is 6.45. The molecule has 0 heterocycles. The first-order valence-corrected chi connectivity index (χ1v) is 8.23. The van der Waals surface area contributed by atoms with Crippen LogP contribution in [-0.4, -0.2) is 22.1 Å². The van der Waals surface area contributed by atoms with E-state index in [0.29, 0.717) is 0 Å². The van der Waals surface area contributed by atoms with Gasteiger partial charge < -0.3 is 11.1 Å². The standard InChI is InChI=1S/C18H18Cl2N2O2/c19-15(16(21)23)18(20,11-13-7-3-1-4-8-13)17(24)22-12-14-9-5-2-6-10-14/h1-10,15H,11-12H2,(H2,21,23)(H,22,24). The summed E-state index contributed by atoms with van der Waals surface area (Å²) < 4.78 is 0. The lowest BCUT2D eigenvalue weighted by molar-refractivity contribution is -0.127. The molecule has 0 aliphatic carbocycles. The van der Waals surface area contributed by atoms with Crippen molar-refractivity contribution in [2.75, 3.05) is 0 Å². The molecule has 0 aliphatic heterocycles. The van der Waals surface area contributed by atoms with E-state index in [9.17, 15) is 9.59 Å². The molecule has 2 rings (SSSR count). The van der Waals surface area contributed by atoms with Gasteiger partial charge in [-0.2, -0.15) is 0 Å². The zero-order chi connectivity index (χ0) is 17.6. The second kappa shape index (κ2) is 8.18. The molecule has 6 heteroatoms. The van der Waals surface area contributed by atoms with Crippen molar-refractivity contribution in [3.05, 3.63) is 71.8 Å². The highest BCUT2D eigenvalue weighted by Crippen LogP contribution is 2.30. The van der Waals surface area contributed by atoms with Gasteiger partial charge in [0.25, 0.3) is 0 Å². The zero-order valence-corrected chi connectivity index (χ0v) is 14.4. The number of benzene rings is 2. The minimum Gasteiger partial charge on any atom is -0.368 e. The Hall–Kier alpha value is -2.04. The number of primary amides is 1. The molecule has 0 spiro atoms. The zero-order valence-electron chi connectivity index (χ0n) is 12.9. The minimum atomic E-state index is -1.66. The van der Waals surface area contributed by atoms with Gasteiger partial charge in [-0.05, 0) is 11.1 Å². The molecule has 3 N–H and O–H groups in total. The van der Waals surface area contributed by atoms with Crippen LogP contribution in [0.3, 0.4) is 0 Å². The van der Waals surface area contributed by atoms with E-state index in [2.05, 4.69) is 5.32 Å². The van der Waals surface area contributed by atoms with Crippen LogP contribution in [0, 0.1) is 0 Å². The lowest BCUT2D eigenvalue weighted by atomic mass is 9.93. The Morgan fingerprint density at radius 1 is 1.00 bits per heavy atom. The third-order valence-corrected chi connectivity index (χ3v) is 4.85. The summed E-state index contributed by atoms with van der Waals surface area (Å²) in [4.78, 5) is 22.5. The highest BCUT2D eigenvalue weighted by Gasteiger charge is 2.46. The molecule has 2 amide bonds. The van der Waals surface area contributed by atoms with Crippen molar-refractivity contribution in [1.82, 2.24) is 5.32 Å². The van der Waals surface area contributed by atoms with Gasteiger partial charge in [-0.25, -0.2) is 0 Å². The fourth-order valence-electron chi connectivity index (χ4n) is 2.33. The van der Waals surface area contributed by atoms with Crippen LogP contribution in [0.2, 0.25) is 0 Å². The molecule has 2 unspecified atom stereocenters. The van der Waals surface area contributed by atoms with Crippen LogP contribution in [0.5, 0.6) is 0 Å². The number of hydrogen-bond acceptors (Lipinski definition) is 2. The first-order chi connectivity index (χ1) is 11.4. The van der Waals surface area contributed by atoms with E-state index in [-0.39, 0.29) is 13.0 Å². The van der Waals surface area contributed by atoms with Crippen LogP contribution in [-0.2, 0) is 22.6 Å². The van der Waals surface area contributed by atoms with Gasteiger partial charge in [-0.3, -0.25) is 9.59 Å². The van der Waals surface area contributed by atoms with Gasteiger partial charge in [0, 0.05) is 13.0 Å². The van der Waals surface area contributed by atoms with Gasteiger partial charge in [0.05, 0.1) is 0 Å². The molecular weight excluding hydrogens is 347 g/mol. The summed E-state index contributed by atoms with van der Waals surface area (Å²) in [7, 11) is 0. The van der Waals surface area contributed by atoms with Crippen LogP contribution >= 0.6 is 23.2 Å². The first kappa shape index (κ1) is 18.3. The van der Waals surface area contributed by atoms with Crippen LogP contribution in [0.15, 0.2) is 60.7 Å². The van der Waals surface area contributed by atoms with Crippen molar-refractivity contribution in [3.63, 3.8) is 0 Å². The normalized spacial score (nSPS) is 14.4. The lowest BCUT2D eigenvalue weighted by Crippen LogP contribution is -2.54. The summed E-state index contributed by atoms with van der Waals surface area (Å²) in [6.45, 7) is 0.283. The summed E-state index contributed by atoms with van der Waals surface area (Å²) in [5.74, 6) is -1.37. The van der Waals surface area contributed by atoms with Crippen molar-refractivity contribution in [2.45, 2.75) is 23.2 Å². The molecular formula is C18H18Cl2N2O2. The predicted octanol–water partition coefficient (Wildman–Crippen LogP) is 2.62. The maximum atomic E-state index is 12.7. The van der Waals surface area contributed by atoms with E-state index in [4.69, 9.17) is 28.9 Å². The topological polar surface area (TPSA) is 72.2 Å². The second-order valence-electron chi connectivity index (χ2n) is 5.46. The Bertz CT molecular complexity index is 695. The predicted molar refractivity (Wildman–Crippen MR) is 95.9 cm³/mol. The van der Waals surface area contributed by atoms with Crippen molar-refractivity contribution in [1.29, 1.82) is 0 Å². The van der Waals surface area contributed by atoms with E-state index in [1.807, 2.05) is 60.7 Å². The number of amides is 2. The molecule has 0 bridgehead atoms. The maximum Gasteiger partial charge on any atom is 0.243 e. The summed E-state index contributed by atoms with van der Waals surface area (Å²) in [5, 5.41) is 1.39. The van der Waals surface area contributed by atoms with E-state index in [0.717, 1.165) is 11.1 Å². The van der Waals surface area contributed by atoms with Crippen LogP contribution in [0.4, 0.5) is 0 Å². The van der Waals surface area contributed by atoms with Gasteiger partial charge in [-0.15, -0.1) is 23.2 Å². The fraction of sp³-hybridized carbons (Fsp3) is 0.222. The second-order valence-corrected chi connectivity index (χ2v) is 6.57. The lowest BCUT2D eigenvalue weighted by Gasteiger charge is -2.29. The number of carbonyl (C=O) groups excluding carboxylic acids is 2. The number of rotatable bonds is 7. The Labute approximate surface area is 150 Å². The number of nitrogens with two attached hydrogens (primary N) is 1. The van der Waals surface area contributed by atoms with E-state index >= 15 is 0 Å². The summed E-state index contributed by atoms with van der Waals surface area (Å²) >= 11 is 12.6. The number of hydrogen-bond donors (Lipinski definition) is 2. The molecule has 0 saturated heterocycles. The largest absolute Gasteiger partial charge is 0.368 e. The van der Waals surface area contributed by atoms with Gasteiger partial charge in [-0.1, -0.05) is 60.7 Å². The Morgan fingerprint density at radius 3 is 2.00 bits per heavy atom. The molecule has 4 nitrogen and oxygen atoms in total. The molecule has 126 valence electrons. The average molecular weight is 365 g/mol. The molecule has 2 aromatic carbocycles. The Kier molecular flexibility index (Phi) is 6.23. The maximum absolute atomic E-state index is 12.7. The summed E-state index contributed by atoms with van der Waals surface area (Å²) in [5.41, 5.74) is 6.98. The third-order valence-electron chi connectivity index (χ3n) is 3.63. The summed E-state index contributed by atoms with van der Waals surface area (Å²) in [6, 6.07) is 18.5. The minimum absolute atomic E-state index is 0.0904. The smallest absolute Gasteiger partial charge is 0.243 e. The van der Waals surface area contributed by atoms with E-state index in [1.54, 1.807) is 0 Å².